The molecule has 118 valence electrons. The number of nitrogens with two attached hydrogens (primary N) is 2. The summed E-state index contributed by atoms with van der Waals surface area (Å²) >= 11 is 12.6. The Labute approximate surface area is 141 Å². The second kappa shape index (κ2) is 5.71. The summed E-state index contributed by atoms with van der Waals surface area (Å²) in [6.45, 7) is 2.20. The van der Waals surface area contributed by atoms with Crippen molar-refractivity contribution in [3.05, 3.63) is 57.6 Å². The molecule has 1 heterocycles. The van der Waals surface area contributed by atoms with Crippen molar-refractivity contribution in [2.45, 2.75) is 31.6 Å². The van der Waals surface area contributed by atoms with E-state index in [4.69, 9.17) is 34.7 Å². The van der Waals surface area contributed by atoms with Crippen molar-refractivity contribution in [1.29, 1.82) is 0 Å². The first-order valence-corrected chi connectivity index (χ1v) is 8.41. The predicted octanol–water partition coefficient (Wildman–Crippen LogP) is 3.87. The molecule has 5 heteroatoms. The van der Waals surface area contributed by atoms with Crippen LogP contribution in [0.15, 0.2) is 42.0 Å². The fourth-order valence-corrected chi connectivity index (χ4v) is 4.33. The molecule has 2 aliphatic rings. The molecule has 0 bridgehead atoms. The van der Waals surface area contributed by atoms with Crippen LogP contribution in [0.25, 0.3) is 0 Å². The van der Waals surface area contributed by atoms with Gasteiger partial charge in [0.1, 0.15) is 5.82 Å². The maximum Gasteiger partial charge on any atom is 0.121 e. The number of nitrogens with one attached hydrogen (secondary N) is 1. The van der Waals surface area contributed by atoms with Crippen molar-refractivity contribution in [1.82, 2.24) is 5.32 Å². The highest BCUT2D eigenvalue weighted by atomic mass is 35.5. The Bertz CT molecular complexity index is 649. The largest absolute Gasteiger partial charge is 0.398 e. The molecule has 0 amide bonds. The Morgan fingerprint density at radius 3 is 2.64 bits per heavy atom. The van der Waals surface area contributed by atoms with Crippen molar-refractivity contribution < 1.29 is 0 Å². The molecular formula is C17H21Cl2N3. The summed E-state index contributed by atoms with van der Waals surface area (Å²) in [6.07, 6.45) is 7.48. The summed E-state index contributed by atoms with van der Waals surface area (Å²) in [7, 11) is 0. The highest BCUT2D eigenvalue weighted by Crippen LogP contribution is 2.54. The number of allylic oxidation sites excluding steroid dienone is 1. The molecule has 1 aliphatic carbocycles. The number of benzene rings is 1. The lowest BCUT2D eigenvalue weighted by molar-refractivity contribution is 0.313. The number of dihydropyridines is 1. The van der Waals surface area contributed by atoms with E-state index in [9.17, 15) is 0 Å². The minimum absolute atomic E-state index is 0.378. The van der Waals surface area contributed by atoms with Crippen LogP contribution in [0.2, 0.25) is 10.0 Å². The molecule has 0 spiro atoms. The number of rotatable bonds is 4. The SMILES string of the molecule is CCC(C1CC1)C1(c2ccc(Cl)cc2Cl)C=CNC(N)=C1N. The molecule has 1 aliphatic heterocycles. The van der Waals surface area contributed by atoms with E-state index in [2.05, 4.69) is 18.3 Å². The van der Waals surface area contributed by atoms with Crippen molar-refractivity contribution in [2.75, 3.05) is 0 Å². The van der Waals surface area contributed by atoms with Gasteiger partial charge in [0.05, 0.1) is 11.1 Å². The Morgan fingerprint density at radius 1 is 1.32 bits per heavy atom. The van der Waals surface area contributed by atoms with Gasteiger partial charge in [-0.2, -0.15) is 0 Å². The minimum atomic E-state index is -0.465. The fraction of sp³-hybridized carbons (Fsp3) is 0.412. The van der Waals surface area contributed by atoms with Crippen LogP contribution in [0, 0.1) is 11.8 Å². The van der Waals surface area contributed by atoms with Gasteiger partial charge in [-0.15, -0.1) is 0 Å². The van der Waals surface area contributed by atoms with E-state index < -0.39 is 5.41 Å². The maximum absolute atomic E-state index is 6.53. The van der Waals surface area contributed by atoms with Gasteiger partial charge < -0.3 is 16.8 Å². The Kier molecular flexibility index (Phi) is 4.04. The molecule has 1 saturated carbocycles. The molecular weight excluding hydrogens is 317 g/mol. The fourth-order valence-electron chi connectivity index (χ4n) is 3.76. The third kappa shape index (κ3) is 2.37. The molecule has 0 aromatic heterocycles. The van der Waals surface area contributed by atoms with Gasteiger partial charge >= 0.3 is 0 Å². The first-order chi connectivity index (χ1) is 10.5. The third-order valence-corrected chi connectivity index (χ3v) is 5.46. The standard InChI is InChI=1S/C17H21Cl2N3/c1-2-12(10-3-4-10)17(7-8-22-16(21)15(17)20)13-6-5-11(18)9-14(13)19/h5-10,12,22H,2-4,20-21H2,1H3. The molecule has 0 radical (unpaired) electrons. The summed E-state index contributed by atoms with van der Waals surface area (Å²) in [4.78, 5) is 0. The van der Waals surface area contributed by atoms with Crippen molar-refractivity contribution in [2.24, 2.45) is 23.3 Å². The van der Waals surface area contributed by atoms with Crippen LogP contribution in [-0.2, 0) is 5.41 Å². The average Bonchev–Trinajstić information content (AvgIpc) is 3.29. The second-order valence-corrected chi connectivity index (χ2v) is 6.99. The van der Waals surface area contributed by atoms with Gasteiger partial charge in [0.25, 0.3) is 0 Å². The Balaban J connectivity index is 2.23. The van der Waals surface area contributed by atoms with Crippen LogP contribution in [0.5, 0.6) is 0 Å². The lowest BCUT2D eigenvalue weighted by atomic mass is 9.64. The summed E-state index contributed by atoms with van der Waals surface area (Å²) in [6, 6.07) is 5.62. The lowest BCUT2D eigenvalue weighted by Gasteiger charge is -2.42. The molecule has 2 unspecified atom stereocenters. The first-order valence-electron chi connectivity index (χ1n) is 7.66. The monoisotopic (exact) mass is 337 g/mol. The zero-order valence-electron chi connectivity index (χ0n) is 12.6. The molecule has 2 atom stereocenters. The number of hydrogen-bond donors (Lipinski definition) is 3. The summed E-state index contributed by atoms with van der Waals surface area (Å²) < 4.78 is 0. The van der Waals surface area contributed by atoms with Gasteiger partial charge in [0.15, 0.2) is 0 Å². The van der Waals surface area contributed by atoms with Gasteiger partial charge in [-0.3, -0.25) is 0 Å². The second-order valence-electron chi connectivity index (χ2n) is 6.15. The topological polar surface area (TPSA) is 64.1 Å². The minimum Gasteiger partial charge on any atom is -0.398 e. The van der Waals surface area contributed by atoms with E-state index in [1.54, 1.807) is 6.07 Å². The molecule has 3 nitrogen and oxygen atoms in total. The highest BCUT2D eigenvalue weighted by molar-refractivity contribution is 6.35. The molecule has 5 N–H and O–H groups in total. The molecule has 22 heavy (non-hydrogen) atoms. The zero-order valence-corrected chi connectivity index (χ0v) is 14.1. The van der Waals surface area contributed by atoms with Crippen LogP contribution < -0.4 is 16.8 Å². The van der Waals surface area contributed by atoms with E-state index in [0.29, 0.717) is 33.4 Å². The lowest BCUT2D eigenvalue weighted by Crippen LogP contribution is -2.45. The third-order valence-electron chi connectivity index (χ3n) is 4.91. The maximum atomic E-state index is 6.53. The normalized spacial score (nSPS) is 26.0. The average molecular weight is 338 g/mol. The van der Waals surface area contributed by atoms with E-state index in [1.165, 1.54) is 12.8 Å². The van der Waals surface area contributed by atoms with E-state index in [0.717, 1.165) is 12.0 Å². The van der Waals surface area contributed by atoms with Crippen LogP contribution in [0.1, 0.15) is 31.7 Å². The molecule has 3 rings (SSSR count). The predicted molar refractivity (Wildman–Crippen MR) is 92.3 cm³/mol. The van der Waals surface area contributed by atoms with E-state index in [-0.39, 0.29) is 0 Å². The van der Waals surface area contributed by atoms with Crippen molar-refractivity contribution in [3.63, 3.8) is 0 Å². The van der Waals surface area contributed by atoms with Crippen LogP contribution in [0.3, 0.4) is 0 Å². The van der Waals surface area contributed by atoms with E-state index >= 15 is 0 Å². The van der Waals surface area contributed by atoms with Crippen LogP contribution >= 0.6 is 23.2 Å². The van der Waals surface area contributed by atoms with Crippen molar-refractivity contribution >= 4 is 23.2 Å². The van der Waals surface area contributed by atoms with Gasteiger partial charge in [-0.25, -0.2) is 0 Å². The molecule has 1 fully saturated rings. The first kappa shape index (κ1) is 15.6. The van der Waals surface area contributed by atoms with Gasteiger partial charge in [-0.1, -0.05) is 48.7 Å². The molecule has 1 aromatic carbocycles. The van der Waals surface area contributed by atoms with Gasteiger partial charge in [-0.05, 0) is 48.6 Å². The van der Waals surface area contributed by atoms with Crippen molar-refractivity contribution in [3.8, 4) is 0 Å². The smallest absolute Gasteiger partial charge is 0.121 e. The van der Waals surface area contributed by atoms with Gasteiger partial charge in [0.2, 0.25) is 0 Å². The zero-order chi connectivity index (χ0) is 15.9. The van der Waals surface area contributed by atoms with Gasteiger partial charge in [0, 0.05) is 10.0 Å². The Morgan fingerprint density at radius 2 is 2.05 bits per heavy atom. The summed E-state index contributed by atoms with van der Waals surface area (Å²) in [5, 5.41) is 4.26. The summed E-state index contributed by atoms with van der Waals surface area (Å²) in [5.41, 5.74) is 13.8. The van der Waals surface area contributed by atoms with Crippen LogP contribution in [0.4, 0.5) is 0 Å². The molecule has 1 aromatic rings. The molecule has 0 saturated heterocycles. The number of hydrogen-bond acceptors (Lipinski definition) is 3. The number of halogens is 2. The Hall–Kier alpha value is -1.32. The van der Waals surface area contributed by atoms with Crippen LogP contribution in [-0.4, -0.2) is 0 Å². The van der Waals surface area contributed by atoms with E-state index in [1.807, 2.05) is 18.3 Å². The summed E-state index contributed by atoms with van der Waals surface area (Å²) in [5.74, 6) is 1.54. The quantitative estimate of drug-likeness (QED) is 0.781. The highest BCUT2D eigenvalue weighted by Gasteiger charge is 2.49.